The third kappa shape index (κ3) is 3.91. The number of fused-ring (bicyclic) bond motifs is 3. The normalized spacial score (nSPS) is 19.1. The highest BCUT2D eigenvalue weighted by Crippen LogP contribution is 2.44. The molecule has 1 aliphatic heterocycles. The van der Waals surface area contributed by atoms with Gasteiger partial charge in [0.15, 0.2) is 0 Å². The number of hydrogen-bond donors (Lipinski definition) is 2. The molecule has 2 amide bonds. The van der Waals surface area contributed by atoms with Gasteiger partial charge < -0.3 is 20.1 Å². The fourth-order valence-electron chi connectivity index (χ4n) is 4.99. The van der Waals surface area contributed by atoms with E-state index in [0.717, 1.165) is 22.3 Å². The van der Waals surface area contributed by atoms with Gasteiger partial charge in [0.1, 0.15) is 12.4 Å². The van der Waals surface area contributed by atoms with Crippen LogP contribution in [-0.2, 0) is 4.74 Å². The van der Waals surface area contributed by atoms with E-state index in [1.165, 1.54) is 11.0 Å². The summed E-state index contributed by atoms with van der Waals surface area (Å²) in [4.78, 5) is 25.4. The van der Waals surface area contributed by atoms with E-state index in [-0.39, 0.29) is 25.6 Å². The Bertz CT molecular complexity index is 1170. The van der Waals surface area contributed by atoms with E-state index in [9.17, 15) is 19.1 Å². The van der Waals surface area contributed by atoms with Crippen molar-refractivity contribution in [2.45, 2.75) is 17.9 Å². The molecule has 2 aliphatic rings. The summed E-state index contributed by atoms with van der Waals surface area (Å²) < 4.78 is 20.0. The van der Waals surface area contributed by atoms with Crippen LogP contribution in [0, 0.1) is 5.82 Å². The topological polar surface area (TPSA) is 78.9 Å². The van der Waals surface area contributed by atoms with Gasteiger partial charge in [-0.05, 0) is 33.9 Å². The molecule has 3 aromatic carbocycles. The Morgan fingerprint density at radius 1 is 0.909 bits per heavy atom. The molecule has 6 nitrogen and oxygen atoms in total. The third-order valence-electron chi connectivity index (χ3n) is 6.54. The lowest BCUT2D eigenvalue weighted by Crippen LogP contribution is -2.41. The summed E-state index contributed by atoms with van der Waals surface area (Å²) >= 11 is 0. The van der Waals surface area contributed by atoms with E-state index in [0.29, 0.717) is 5.56 Å². The first-order valence-electron chi connectivity index (χ1n) is 10.9. The van der Waals surface area contributed by atoms with Crippen molar-refractivity contribution in [2.24, 2.45) is 0 Å². The average molecular weight is 446 g/mol. The van der Waals surface area contributed by atoms with Gasteiger partial charge in [-0.2, -0.15) is 0 Å². The minimum absolute atomic E-state index is 0.0680. The molecule has 5 rings (SSSR count). The summed E-state index contributed by atoms with van der Waals surface area (Å²) in [6.45, 7) is 0.322. The van der Waals surface area contributed by atoms with Gasteiger partial charge in [-0.3, -0.25) is 0 Å². The predicted molar refractivity (Wildman–Crippen MR) is 121 cm³/mol. The van der Waals surface area contributed by atoms with Crippen LogP contribution in [0.25, 0.3) is 11.1 Å². The molecule has 1 saturated heterocycles. The first kappa shape index (κ1) is 21.0. The molecule has 3 aromatic rings. The van der Waals surface area contributed by atoms with Gasteiger partial charge in [-0.1, -0.05) is 66.7 Å². The SMILES string of the molecule is O=C(N[C@@H]1CN(C(=O)O)C[C@H]1c1ccccc1F)OCC1c2ccccc2-c2ccccc21. The largest absolute Gasteiger partial charge is 0.465 e. The number of carbonyl (C=O) groups excluding carboxylic acids is 1. The van der Waals surface area contributed by atoms with Gasteiger partial charge in [0, 0.05) is 24.9 Å². The van der Waals surface area contributed by atoms with Crippen molar-refractivity contribution in [3.05, 3.63) is 95.3 Å². The van der Waals surface area contributed by atoms with Crippen molar-refractivity contribution in [1.29, 1.82) is 0 Å². The highest BCUT2D eigenvalue weighted by atomic mass is 19.1. The van der Waals surface area contributed by atoms with Crippen LogP contribution >= 0.6 is 0 Å². The molecule has 1 fully saturated rings. The number of rotatable bonds is 4. The molecule has 0 radical (unpaired) electrons. The Hall–Kier alpha value is -3.87. The smallest absolute Gasteiger partial charge is 0.407 e. The van der Waals surface area contributed by atoms with Crippen LogP contribution in [0.5, 0.6) is 0 Å². The highest BCUT2D eigenvalue weighted by Gasteiger charge is 2.39. The number of carboxylic acid groups (broad SMARTS) is 1. The quantitative estimate of drug-likeness (QED) is 0.603. The van der Waals surface area contributed by atoms with Crippen LogP contribution in [0.3, 0.4) is 0 Å². The van der Waals surface area contributed by atoms with Crippen LogP contribution < -0.4 is 5.32 Å². The lowest BCUT2D eigenvalue weighted by molar-refractivity contribution is 0.136. The zero-order valence-corrected chi connectivity index (χ0v) is 17.8. The molecule has 33 heavy (non-hydrogen) atoms. The second kappa shape index (κ2) is 8.58. The maximum atomic E-state index is 14.4. The fraction of sp³-hybridized carbons (Fsp3) is 0.231. The van der Waals surface area contributed by atoms with Gasteiger partial charge in [-0.15, -0.1) is 0 Å². The van der Waals surface area contributed by atoms with Crippen LogP contribution in [0.2, 0.25) is 0 Å². The number of likely N-dealkylation sites (tertiary alicyclic amines) is 1. The maximum Gasteiger partial charge on any atom is 0.407 e. The highest BCUT2D eigenvalue weighted by molar-refractivity contribution is 5.79. The molecule has 1 aliphatic carbocycles. The number of nitrogens with zero attached hydrogens (tertiary/aromatic N) is 1. The van der Waals surface area contributed by atoms with E-state index >= 15 is 0 Å². The number of hydrogen-bond acceptors (Lipinski definition) is 3. The lowest BCUT2D eigenvalue weighted by atomic mass is 9.94. The zero-order chi connectivity index (χ0) is 22.9. The summed E-state index contributed by atoms with van der Waals surface area (Å²) in [6, 6.07) is 21.8. The second-order valence-corrected chi connectivity index (χ2v) is 8.39. The number of carbonyl (C=O) groups is 2. The van der Waals surface area contributed by atoms with Crippen molar-refractivity contribution in [1.82, 2.24) is 10.2 Å². The van der Waals surface area contributed by atoms with Gasteiger partial charge in [0.25, 0.3) is 0 Å². The second-order valence-electron chi connectivity index (χ2n) is 8.39. The van der Waals surface area contributed by atoms with Gasteiger partial charge in [0.2, 0.25) is 0 Å². The van der Waals surface area contributed by atoms with Crippen molar-refractivity contribution in [2.75, 3.05) is 19.7 Å². The van der Waals surface area contributed by atoms with Gasteiger partial charge in [0.05, 0.1) is 6.04 Å². The number of ether oxygens (including phenoxy) is 1. The van der Waals surface area contributed by atoms with E-state index < -0.39 is 30.0 Å². The Balaban J connectivity index is 1.31. The van der Waals surface area contributed by atoms with E-state index in [1.807, 2.05) is 36.4 Å². The minimum Gasteiger partial charge on any atom is -0.465 e. The van der Waals surface area contributed by atoms with Crippen molar-refractivity contribution in [3.63, 3.8) is 0 Å². The summed E-state index contributed by atoms with van der Waals surface area (Å²) in [6.07, 6.45) is -1.75. The summed E-state index contributed by atoms with van der Waals surface area (Å²) in [5.41, 5.74) is 4.86. The molecule has 0 saturated carbocycles. The first-order chi connectivity index (χ1) is 16.0. The van der Waals surface area contributed by atoms with E-state index in [2.05, 4.69) is 17.4 Å². The number of nitrogens with one attached hydrogen (secondary N) is 1. The molecule has 2 atom stereocenters. The summed E-state index contributed by atoms with van der Waals surface area (Å²) in [7, 11) is 0. The zero-order valence-electron chi connectivity index (χ0n) is 17.8. The van der Waals surface area contributed by atoms with Crippen LogP contribution in [0.4, 0.5) is 14.0 Å². The average Bonchev–Trinajstić information content (AvgIpc) is 3.37. The monoisotopic (exact) mass is 446 g/mol. The molecule has 1 heterocycles. The molecule has 0 aromatic heterocycles. The Morgan fingerprint density at radius 2 is 1.48 bits per heavy atom. The van der Waals surface area contributed by atoms with Crippen molar-refractivity contribution >= 4 is 12.2 Å². The molecule has 0 bridgehead atoms. The lowest BCUT2D eigenvalue weighted by Gasteiger charge is -2.21. The standard InChI is InChI=1S/C26H23FN2O4/c27-23-12-6-5-11-20(23)21-13-29(26(31)32)14-24(21)28-25(30)33-15-22-18-9-3-1-7-16(18)17-8-2-4-10-19(17)22/h1-12,21-22,24H,13-15H2,(H,28,30)(H,31,32)/t21-,24+/m0/s1. The van der Waals surface area contributed by atoms with E-state index in [1.54, 1.807) is 18.2 Å². The molecular formula is C26H23FN2O4. The molecule has 168 valence electrons. The van der Waals surface area contributed by atoms with Crippen molar-refractivity contribution < 1.29 is 23.8 Å². The van der Waals surface area contributed by atoms with Crippen LogP contribution in [-0.4, -0.2) is 47.9 Å². The maximum absolute atomic E-state index is 14.4. The molecule has 0 spiro atoms. The minimum atomic E-state index is -1.10. The molecule has 7 heteroatoms. The number of alkyl carbamates (subject to hydrolysis) is 1. The van der Waals surface area contributed by atoms with Gasteiger partial charge in [-0.25, -0.2) is 14.0 Å². The molecule has 2 N–H and O–H groups in total. The number of benzene rings is 3. The number of halogens is 1. The first-order valence-corrected chi connectivity index (χ1v) is 10.9. The Morgan fingerprint density at radius 3 is 2.09 bits per heavy atom. The predicted octanol–water partition coefficient (Wildman–Crippen LogP) is 4.81. The van der Waals surface area contributed by atoms with E-state index in [4.69, 9.17) is 4.74 Å². The van der Waals surface area contributed by atoms with Crippen LogP contribution in [0.1, 0.15) is 28.5 Å². The number of amides is 2. The van der Waals surface area contributed by atoms with Crippen molar-refractivity contribution in [3.8, 4) is 11.1 Å². The third-order valence-corrected chi connectivity index (χ3v) is 6.54. The fourth-order valence-corrected chi connectivity index (χ4v) is 4.99. The van der Waals surface area contributed by atoms with Crippen LogP contribution in [0.15, 0.2) is 72.8 Å². The van der Waals surface area contributed by atoms with Gasteiger partial charge >= 0.3 is 12.2 Å². The summed E-state index contributed by atoms with van der Waals surface area (Å²) in [5, 5.41) is 12.2. The Labute approximate surface area is 190 Å². The molecular weight excluding hydrogens is 423 g/mol. The summed E-state index contributed by atoms with van der Waals surface area (Å²) in [5.74, 6) is -0.999. The Kier molecular flexibility index (Phi) is 5.46. The molecule has 0 unspecified atom stereocenters.